The van der Waals surface area contributed by atoms with Crippen molar-refractivity contribution < 1.29 is 9.53 Å². The van der Waals surface area contributed by atoms with E-state index in [1.165, 1.54) is 5.57 Å². The highest BCUT2D eigenvalue weighted by molar-refractivity contribution is 7.99. The van der Waals surface area contributed by atoms with E-state index in [4.69, 9.17) is 11.2 Å². The monoisotopic (exact) mass is 330 g/mol. The van der Waals surface area contributed by atoms with Crippen LogP contribution in [0.5, 0.6) is 5.75 Å². The molecule has 0 radical (unpaired) electrons. The molecule has 0 saturated carbocycles. The molecule has 5 heteroatoms. The predicted molar refractivity (Wildman–Crippen MR) is 95.0 cm³/mol. The maximum atomic E-state index is 11.4. The minimum absolute atomic E-state index is 0.0407. The van der Waals surface area contributed by atoms with E-state index in [0.29, 0.717) is 12.2 Å². The molecule has 0 aromatic heterocycles. The smallest absolute Gasteiger partial charge is 0.234 e. The van der Waals surface area contributed by atoms with Crippen LogP contribution in [-0.2, 0) is 4.79 Å². The molecular formula is C18H22N2O2S. The average molecular weight is 330 g/mol. The van der Waals surface area contributed by atoms with Gasteiger partial charge < -0.3 is 4.74 Å². The molecular weight excluding hydrogens is 308 g/mol. The van der Waals surface area contributed by atoms with Gasteiger partial charge in [-0.15, -0.1) is 18.2 Å². The van der Waals surface area contributed by atoms with Crippen LogP contribution in [-0.4, -0.2) is 24.8 Å². The van der Waals surface area contributed by atoms with Gasteiger partial charge in [-0.1, -0.05) is 30.6 Å². The van der Waals surface area contributed by atoms with Crippen LogP contribution in [0.2, 0.25) is 0 Å². The zero-order valence-corrected chi connectivity index (χ0v) is 14.5. The third kappa shape index (κ3) is 4.54. The van der Waals surface area contributed by atoms with Gasteiger partial charge >= 0.3 is 0 Å². The van der Waals surface area contributed by atoms with Crippen molar-refractivity contribution in [3.05, 3.63) is 29.3 Å². The van der Waals surface area contributed by atoms with Gasteiger partial charge in [-0.25, -0.2) is 5.43 Å². The normalized spacial score (nSPS) is 21.5. The van der Waals surface area contributed by atoms with Gasteiger partial charge in [0.1, 0.15) is 5.75 Å². The Morgan fingerprint density at radius 3 is 3.00 bits per heavy atom. The van der Waals surface area contributed by atoms with Crippen LogP contribution in [0.1, 0.15) is 25.8 Å². The molecule has 23 heavy (non-hydrogen) atoms. The van der Waals surface area contributed by atoms with E-state index in [9.17, 15) is 4.79 Å². The predicted octanol–water partition coefficient (Wildman–Crippen LogP) is 2.85. The molecule has 2 N–H and O–H groups in total. The Morgan fingerprint density at radius 2 is 2.35 bits per heavy atom. The number of amides is 1. The second-order valence-corrected chi connectivity index (χ2v) is 6.66. The van der Waals surface area contributed by atoms with Crippen LogP contribution < -0.4 is 15.6 Å². The van der Waals surface area contributed by atoms with Gasteiger partial charge in [-0.2, -0.15) is 0 Å². The fourth-order valence-corrected chi connectivity index (χ4v) is 3.44. The Hall–Kier alpha value is -1.90. The van der Waals surface area contributed by atoms with Crippen LogP contribution in [0.3, 0.4) is 0 Å². The fourth-order valence-electron chi connectivity index (χ4n) is 2.69. The van der Waals surface area contributed by atoms with E-state index in [1.54, 1.807) is 18.9 Å². The number of hydrazine groups is 1. The highest BCUT2D eigenvalue weighted by Gasteiger charge is 2.26. The molecule has 4 nitrogen and oxygen atoms in total. The number of benzene rings is 1. The molecule has 1 aliphatic heterocycles. The lowest BCUT2D eigenvalue weighted by atomic mass is 9.90. The lowest BCUT2D eigenvalue weighted by molar-refractivity contribution is -0.125. The summed E-state index contributed by atoms with van der Waals surface area (Å²) in [7, 11) is 1.66. The summed E-state index contributed by atoms with van der Waals surface area (Å²) >= 11 is 1.59. The molecule has 1 aromatic carbocycles. The zero-order valence-electron chi connectivity index (χ0n) is 13.7. The highest BCUT2D eigenvalue weighted by Crippen LogP contribution is 2.31. The molecule has 1 saturated heterocycles. The average Bonchev–Trinajstić information content (AvgIpc) is 2.52. The third-order valence-corrected chi connectivity index (χ3v) is 4.77. The van der Waals surface area contributed by atoms with Crippen molar-refractivity contribution in [2.24, 2.45) is 5.92 Å². The second kappa shape index (κ2) is 8.09. The number of thioether (sulfide) groups is 1. The maximum Gasteiger partial charge on any atom is 0.234 e. The van der Waals surface area contributed by atoms with Crippen LogP contribution in [0.4, 0.5) is 0 Å². The Kier molecular flexibility index (Phi) is 6.14. The van der Waals surface area contributed by atoms with E-state index in [2.05, 4.69) is 42.8 Å². The van der Waals surface area contributed by atoms with Crippen molar-refractivity contribution in [1.82, 2.24) is 10.9 Å². The molecule has 1 aromatic rings. The summed E-state index contributed by atoms with van der Waals surface area (Å²) in [6.45, 7) is 4.15. The van der Waals surface area contributed by atoms with Crippen molar-refractivity contribution in [2.45, 2.75) is 31.2 Å². The van der Waals surface area contributed by atoms with Gasteiger partial charge in [-0.05, 0) is 30.5 Å². The first kappa shape index (κ1) is 17.5. The van der Waals surface area contributed by atoms with E-state index in [-0.39, 0.29) is 17.9 Å². The van der Waals surface area contributed by atoms with Crippen molar-refractivity contribution in [2.75, 3.05) is 12.9 Å². The van der Waals surface area contributed by atoms with Crippen molar-refractivity contribution >= 4 is 23.7 Å². The Balaban J connectivity index is 2.20. The second-order valence-electron chi connectivity index (χ2n) is 5.64. The standard InChI is InChI=1S/C18H22N2O2S/c1-5-8-23-16-11-14(6-7-15(16)22-4)9-12(2)18-13(3)10-17(21)19-20-18/h1,6-7,9,11,13,18,20H,8,10H2,2-4H3,(H,19,21)/b12-9+. The number of nitrogens with one attached hydrogen (secondary N) is 2. The molecule has 1 heterocycles. The van der Waals surface area contributed by atoms with Crippen LogP contribution in [0, 0.1) is 18.3 Å². The first-order valence-electron chi connectivity index (χ1n) is 7.52. The number of methoxy groups -OCH3 is 1. The van der Waals surface area contributed by atoms with Crippen LogP contribution in [0.25, 0.3) is 6.08 Å². The number of hydrogen-bond donors (Lipinski definition) is 2. The summed E-state index contributed by atoms with van der Waals surface area (Å²) in [4.78, 5) is 12.4. The number of rotatable bonds is 5. The largest absolute Gasteiger partial charge is 0.496 e. The first-order valence-corrected chi connectivity index (χ1v) is 8.50. The fraction of sp³-hybridized carbons (Fsp3) is 0.389. The van der Waals surface area contributed by atoms with Gasteiger partial charge in [0.2, 0.25) is 5.91 Å². The number of hydrogen-bond acceptors (Lipinski definition) is 4. The number of ether oxygens (including phenoxy) is 1. The molecule has 122 valence electrons. The lowest BCUT2D eigenvalue weighted by Crippen LogP contribution is -2.53. The molecule has 2 atom stereocenters. The highest BCUT2D eigenvalue weighted by atomic mass is 32.2. The van der Waals surface area contributed by atoms with Gasteiger partial charge in [0.25, 0.3) is 0 Å². The van der Waals surface area contributed by atoms with E-state index in [0.717, 1.165) is 16.2 Å². The minimum Gasteiger partial charge on any atom is -0.496 e. The van der Waals surface area contributed by atoms with Crippen molar-refractivity contribution in [3.63, 3.8) is 0 Å². The number of terminal acetylenes is 1. The van der Waals surface area contributed by atoms with E-state index < -0.39 is 0 Å². The summed E-state index contributed by atoms with van der Waals surface area (Å²) in [5, 5.41) is 0. The van der Waals surface area contributed by atoms with Gasteiger partial charge in [0.05, 0.1) is 23.8 Å². The third-order valence-electron chi connectivity index (χ3n) is 3.83. The summed E-state index contributed by atoms with van der Waals surface area (Å²) < 4.78 is 5.38. The molecule has 2 rings (SSSR count). The molecule has 0 aliphatic carbocycles. The minimum atomic E-state index is 0.0407. The molecule has 1 aliphatic rings. The Bertz CT molecular complexity index is 649. The molecule has 2 unspecified atom stereocenters. The zero-order chi connectivity index (χ0) is 16.8. The maximum absolute atomic E-state index is 11.4. The molecule has 0 spiro atoms. The topological polar surface area (TPSA) is 50.4 Å². The SMILES string of the molecule is C#CCSc1cc(/C=C(\C)C2NNC(=O)CC2C)ccc1OC. The van der Waals surface area contributed by atoms with Gasteiger partial charge in [0.15, 0.2) is 0 Å². The van der Waals surface area contributed by atoms with E-state index in [1.807, 2.05) is 12.1 Å². The molecule has 1 amide bonds. The van der Waals surface area contributed by atoms with E-state index >= 15 is 0 Å². The molecule has 1 fully saturated rings. The first-order chi connectivity index (χ1) is 11.0. The van der Waals surface area contributed by atoms with Crippen LogP contribution in [0.15, 0.2) is 28.7 Å². The van der Waals surface area contributed by atoms with Crippen molar-refractivity contribution in [1.29, 1.82) is 0 Å². The Morgan fingerprint density at radius 1 is 1.57 bits per heavy atom. The van der Waals surface area contributed by atoms with Gasteiger partial charge in [0, 0.05) is 6.42 Å². The number of carbonyl (C=O) groups excluding carboxylic acids is 1. The van der Waals surface area contributed by atoms with Crippen LogP contribution >= 0.6 is 11.8 Å². The molecule has 0 bridgehead atoms. The quantitative estimate of drug-likeness (QED) is 0.644. The summed E-state index contributed by atoms with van der Waals surface area (Å²) in [5.41, 5.74) is 8.06. The Labute approximate surface area is 142 Å². The summed E-state index contributed by atoms with van der Waals surface area (Å²) in [5.74, 6) is 4.37. The number of carbonyl (C=O) groups is 1. The van der Waals surface area contributed by atoms with Crippen molar-refractivity contribution in [3.8, 4) is 18.1 Å². The summed E-state index contributed by atoms with van der Waals surface area (Å²) in [6, 6.07) is 6.19. The summed E-state index contributed by atoms with van der Waals surface area (Å²) in [6.07, 6.45) is 8.01. The van der Waals surface area contributed by atoms with Gasteiger partial charge in [-0.3, -0.25) is 10.2 Å². The lowest BCUT2D eigenvalue weighted by Gasteiger charge is -2.30.